The summed E-state index contributed by atoms with van der Waals surface area (Å²) in [6.07, 6.45) is 1.24. The van der Waals surface area contributed by atoms with Gasteiger partial charge in [0, 0.05) is 43.4 Å². The van der Waals surface area contributed by atoms with Gasteiger partial charge in [-0.3, -0.25) is 19.7 Å². The predicted octanol–water partition coefficient (Wildman–Crippen LogP) is 2.81. The van der Waals surface area contributed by atoms with Crippen LogP contribution in [0.25, 0.3) is 0 Å². The van der Waals surface area contributed by atoms with Crippen LogP contribution in [-0.4, -0.2) is 74.8 Å². The van der Waals surface area contributed by atoms with Crippen molar-refractivity contribution in [1.29, 1.82) is 0 Å². The maximum atomic E-state index is 13.5. The van der Waals surface area contributed by atoms with E-state index in [0.29, 0.717) is 23.5 Å². The summed E-state index contributed by atoms with van der Waals surface area (Å²) in [6, 6.07) is 5.11. The number of aryl methyl sites for hydroxylation is 2. The first-order valence-corrected chi connectivity index (χ1v) is 11.6. The van der Waals surface area contributed by atoms with E-state index >= 15 is 0 Å². The Balaban J connectivity index is 1.82. The van der Waals surface area contributed by atoms with Gasteiger partial charge in [-0.05, 0) is 39.3 Å². The Labute approximate surface area is 203 Å². The molecule has 1 aromatic heterocycles. The molecule has 0 spiro atoms. The number of carbonyl (C=O) groups is 3. The Kier molecular flexibility index (Phi) is 8.10. The lowest BCUT2D eigenvalue weighted by Gasteiger charge is -2.40. The summed E-state index contributed by atoms with van der Waals surface area (Å²) in [5.74, 6) is -0.913. The summed E-state index contributed by atoms with van der Waals surface area (Å²) >= 11 is 0. The van der Waals surface area contributed by atoms with Crippen LogP contribution in [0.5, 0.6) is 0 Å². The average Bonchev–Trinajstić information content (AvgIpc) is 2.83. The predicted molar refractivity (Wildman–Crippen MR) is 126 cm³/mol. The average molecular weight is 484 g/mol. The van der Waals surface area contributed by atoms with Gasteiger partial charge in [-0.15, -0.1) is 0 Å². The van der Waals surface area contributed by atoms with Crippen molar-refractivity contribution < 1.29 is 24.0 Å². The number of non-ortho nitro benzene ring substituents is 1. The van der Waals surface area contributed by atoms with E-state index in [4.69, 9.17) is 4.74 Å². The molecule has 11 nitrogen and oxygen atoms in total. The first-order valence-electron chi connectivity index (χ1n) is 11.6. The van der Waals surface area contributed by atoms with Gasteiger partial charge in [0.05, 0.1) is 17.2 Å². The molecule has 1 fully saturated rings. The van der Waals surface area contributed by atoms with Crippen molar-refractivity contribution in [3.63, 3.8) is 0 Å². The quantitative estimate of drug-likeness (QED) is 0.333. The summed E-state index contributed by atoms with van der Waals surface area (Å²) in [4.78, 5) is 61.4. The Morgan fingerprint density at radius 3 is 2.37 bits per heavy atom. The van der Waals surface area contributed by atoms with Crippen LogP contribution in [0.1, 0.15) is 69.9 Å². The number of rotatable bonds is 7. The molecule has 1 atom stereocenters. The number of nitrogens with zero attached hydrogens (tertiary/aromatic N) is 5. The fourth-order valence-electron chi connectivity index (χ4n) is 4.11. The van der Waals surface area contributed by atoms with Crippen molar-refractivity contribution in [2.75, 3.05) is 26.2 Å². The zero-order valence-electron chi connectivity index (χ0n) is 20.3. The molecular formula is C24H29N5O6. The summed E-state index contributed by atoms with van der Waals surface area (Å²) in [7, 11) is 0. The van der Waals surface area contributed by atoms with Gasteiger partial charge in [0.15, 0.2) is 0 Å². The third-order valence-electron chi connectivity index (χ3n) is 5.77. The Morgan fingerprint density at radius 2 is 1.80 bits per heavy atom. The Morgan fingerprint density at radius 1 is 1.11 bits per heavy atom. The van der Waals surface area contributed by atoms with Crippen LogP contribution in [0, 0.1) is 17.0 Å². The number of esters is 1. The van der Waals surface area contributed by atoms with Crippen molar-refractivity contribution >= 4 is 23.5 Å². The van der Waals surface area contributed by atoms with E-state index in [2.05, 4.69) is 9.97 Å². The third kappa shape index (κ3) is 5.61. The van der Waals surface area contributed by atoms with Crippen LogP contribution >= 0.6 is 0 Å². The van der Waals surface area contributed by atoms with Gasteiger partial charge in [0.1, 0.15) is 17.1 Å². The number of hydrogen-bond donors (Lipinski definition) is 0. The second kappa shape index (κ2) is 11.0. The fraction of sp³-hybridized carbons (Fsp3) is 0.458. The second-order valence-corrected chi connectivity index (χ2v) is 8.31. The van der Waals surface area contributed by atoms with Gasteiger partial charge >= 0.3 is 5.97 Å². The number of benzene rings is 1. The maximum absolute atomic E-state index is 13.5. The highest BCUT2D eigenvalue weighted by atomic mass is 16.6. The molecule has 2 aromatic rings. The lowest BCUT2D eigenvalue weighted by molar-refractivity contribution is -0.384. The van der Waals surface area contributed by atoms with Crippen molar-refractivity contribution in [3.05, 3.63) is 62.7 Å². The van der Waals surface area contributed by atoms with E-state index in [1.54, 1.807) is 23.6 Å². The lowest BCUT2D eigenvalue weighted by Crippen LogP contribution is -2.55. The molecule has 3 rings (SSSR count). The normalized spacial score (nSPS) is 15.6. The number of amides is 2. The molecule has 0 saturated carbocycles. The van der Waals surface area contributed by atoms with Crippen LogP contribution < -0.4 is 0 Å². The number of piperazine rings is 1. The maximum Gasteiger partial charge on any atom is 0.342 e. The molecule has 186 valence electrons. The molecule has 1 saturated heterocycles. The first-order chi connectivity index (χ1) is 16.7. The summed E-state index contributed by atoms with van der Waals surface area (Å²) in [5, 5.41) is 10.9. The Bertz CT molecular complexity index is 1130. The zero-order valence-corrected chi connectivity index (χ0v) is 20.3. The summed E-state index contributed by atoms with van der Waals surface area (Å²) in [6.45, 7) is 8.06. The van der Waals surface area contributed by atoms with Crippen molar-refractivity contribution in [3.8, 4) is 0 Å². The molecule has 0 bridgehead atoms. The van der Waals surface area contributed by atoms with Gasteiger partial charge in [0.25, 0.3) is 17.5 Å². The molecule has 1 aliphatic heterocycles. The van der Waals surface area contributed by atoms with Crippen LogP contribution in [0.2, 0.25) is 0 Å². The van der Waals surface area contributed by atoms with Gasteiger partial charge in [0.2, 0.25) is 0 Å². The molecule has 11 heteroatoms. The second-order valence-electron chi connectivity index (χ2n) is 8.31. The van der Waals surface area contributed by atoms with E-state index < -0.39 is 16.8 Å². The smallest absolute Gasteiger partial charge is 0.342 e. The van der Waals surface area contributed by atoms with Gasteiger partial charge in [-0.25, -0.2) is 14.8 Å². The minimum absolute atomic E-state index is 0.0155. The molecule has 2 amide bonds. The van der Waals surface area contributed by atoms with Crippen molar-refractivity contribution in [2.24, 2.45) is 0 Å². The first kappa shape index (κ1) is 25.7. The molecule has 0 radical (unpaired) electrons. The van der Waals surface area contributed by atoms with E-state index in [9.17, 15) is 24.5 Å². The number of ether oxygens (including phenoxy) is 1. The SMILES string of the molecule is CCCc1nc(C)nc(C(=O)N2CCN(C(=O)c3ccc([N+](=O)[O-])cc3)C(C)C2)c1C(=O)OCC. The summed E-state index contributed by atoms with van der Waals surface area (Å²) < 4.78 is 5.19. The van der Waals surface area contributed by atoms with Crippen LogP contribution in [0.4, 0.5) is 5.69 Å². The lowest BCUT2D eigenvalue weighted by atomic mass is 10.0. The largest absolute Gasteiger partial charge is 0.462 e. The number of nitro benzene ring substituents is 1. The van der Waals surface area contributed by atoms with E-state index in [-0.39, 0.29) is 55.1 Å². The molecule has 1 unspecified atom stereocenters. The Hall–Kier alpha value is -3.89. The zero-order chi connectivity index (χ0) is 25.7. The highest BCUT2D eigenvalue weighted by Crippen LogP contribution is 2.21. The molecule has 2 heterocycles. The van der Waals surface area contributed by atoms with E-state index in [1.807, 2.05) is 13.8 Å². The molecule has 0 aliphatic carbocycles. The van der Waals surface area contributed by atoms with Crippen molar-refractivity contribution in [2.45, 2.75) is 46.6 Å². The number of aromatic nitrogens is 2. The van der Waals surface area contributed by atoms with Gasteiger partial charge in [-0.1, -0.05) is 13.3 Å². The minimum Gasteiger partial charge on any atom is -0.462 e. The number of hydrogen-bond acceptors (Lipinski definition) is 8. The van der Waals surface area contributed by atoms with E-state index in [1.165, 1.54) is 24.3 Å². The minimum atomic E-state index is -0.626. The van der Waals surface area contributed by atoms with Crippen LogP contribution in [0.3, 0.4) is 0 Å². The van der Waals surface area contributed by atoms with Crippen LogP contribution in [0.15, 0.2) is 24.3 Å². The third-order valence-corrected chi connectivity index (χ3v) is 5.77. The monoisotopic (exact) mass is 483 g/mol. The van der Waals surface area contributed by atoms with E-state index in [0.717, 1.165) is 6.42 Å². The number of nitro groups is 1. The van der Waals surface area contributed by atoms with Gasteiger partial charge < -0.3 is 14.5 Å². The summed E-state index contributed by atoms with van der Waals surface area (Å²) in [5.41, 5.74) is 0.845. The highest BCUT2D eigenvalue weighted by Gasteiger charge is 2.34. The highest BCUT2D eigenvalue weighted by molar-refractivity contribution is 6.04. The topological polar surface area (TPSA) is 136 Å². The van der Waals surface area contributed by atoms with Gasteiger partial charge in [-0.2, -0.15) is 0 Å². The molecule has 0 N–H and O–H groups in total. The van der Waals surface area contributed by atoms with Crippen LogP contribution in [-0.2, 0) is 11.2 Å². The van der Waals surface area contributed by atoms with Crippen molar-refractivity contribution in [1.82, 2.24) is 19.8 Å². The molecule has 1 aromatic carbocycles. The molecule has 35 heavy (non-hydrogen) atoms. The molecular weight excluding hydrogens is 454 g/mol. The standard InChI is InChI=1S/C24H29N5O6/c1-5-7-19-20(24(32)35-6-2)21(26-16(4)25-19)23(31)27-12-13-28(15(3)14-27)22(30)17-8-10-18(11-9-17)29(33)34/h8-11,15H,5-7,12-14H2,1-4H3. The number of carbonyl (C=O) groups excluding carboxylic acids is 3. The fourth-order valence-corrected chi connectivity index (χ4v) is 4.11. The molecule has 1 aliphatic rings.